The Labute approximate surface area is 154 Å². The van der Waals surface area contributed by atoms with Crippen LogP contribution in [0.15, 0.2) is 42.5 Å². The lowest BCUT2D eigenvalue weighted by Crippen LogP contribution is -2.50. The molecule has 1 heterocycles. The first-order chi connectivity index (χ1) is 12.5. The highest BCUT2D eigenvalue weighted by molar-refractivity contribution is 5.95. The van der Waals surface area contributed by atoms with Crippen molar-refractivity contribution in [2.75, 3.05) is 36.4 Å². The lowest BCUT2D eigenvalue weighted by atomic mass is 10.1. The Morgan fingerprint density at radius 3 is 2.35 bits per heavy atom. The molecule has 2 aromatic rings. The van der Waals surface area contributed by atoms with Crippen LogP contribution in [0.3, 0.4) is 0 Å². The van der Waals surface area contributed by atoms with Gasteiger partial charge < -0.3 is 15.1 Å². The Kier molecular flexibility index (Phi) is 5.26. The number of Topliss-reactive ketones (excluding diaryl/α,β-unsaturated/α-hetero) is 1. The van der Waals surface area contributed by atoms with Gasteiger partial charge in [0.05, 0.1) is 0 Å². The number of ketones is 1. The van der Waals surface area contributed by atoms with Gasteiger partial charge in [0.1, 0.15) is 0 Å². The summed E-state index contributed by atoms with van der Waals surface area (Å²) in [5.74, 6) is 0.0680. The predicted octanol–water partition coefficient (Wildman–Crippen LogP) is 3.86. The molecule has 0 spiro atoms. The zero-order valence-electron chi connectivity index (χ0n) is 15.6. The van der Waals surface area contributed by atoms with Gasteiger partial charge in [-0.1, -0.05) is 24.3 Å². The number of hydrogen-bond acceptors (Lipinski definition) is 3. The summed E-state index contributed by atoms with van der Waals surface area (Å²) in [4.78, 5) is 28.2. The number of hydrogen-bond donors (Lipinski definition) is 1. The Bertz CT molecular complexity index is 824. The Morgan fingerprint density at radius 1 is 0.962 bits per heavy atom. The molecule has 0 aromatic heterocycles. The maximum Gasteiger partial charge on any atom is 0.321 e. The van der Waals surface area contributed by atoms with E-state index in [9.17, 15) is 9.59 Å². The van der Waals surface area contributed by atoms with Crippen molar-refractivity contribution in [3.05, 3.63) is 59.2 Å². The minimum Gasteiger partial charge on any atom is -0.368 e. The van der Waals surface area contributed by atoms with Crippen molar-refractivity contribution in [1.29, 1.82) is 0 Å². The fraction of sp³-hybridized carbons (Fsp3) is 0.333. The number of amides is 2. The SMILES string of the molecule is CC(=O)c1cccc(N2CCN(C(=O)Nc3cccc(C)c3C)CC2)c1. The average Bonchev–Trinajstić information content (AvgIpc) is 2.65. The van der Waals surface area contributed by atoms with Crippen LogP contribution < -0.4 is 10.2 Å². The van der Waals surface area contributed by atoms with Gasteiger partial charge in [0.15, 0.2) is 5.78 Å². The first-order valence-electron chi connectivity index (χ1n) is 8.94. The topological polar surface area (TPSA) is 52.7 Å². The van der Waals surface area contributed by atoms with Crippen molar-refractivity contribution in [1.82, 2.24) is 4.90 Å². The highest BCUT2D eigenvalue weighted by Gasteiger charge is 2.22. The van der Waals surface area contributed by atoms with Gasteiger partial charge in [0, 0.05) is 43.1 Å². The molecule has 5 nitrogen and oxygen atoms in total. The average molecular weight is 351 g/mol. The molecule has 2 aromatic carbocycles. The lowest BCUT2D eigenvalue weighted by Gasteiger charge is -2.36. The van der Waals surface area contributed by atoms with Gasteiger partial charge in [-0.05, 0) is 50.1 Å². The van der Waals surface area contributed by atoms with E-state index in [2.05, 4.69) is 10.2 Å². The molecule has 0 atom stereocenters. The maximum atomic E-state index is 12.6. The van der Waals surface area contributed by atoms with E-state index in [1.165, 1.54) is 0 Å². The summed E-state index contributed by atoms with van der Waals surface area (Å²) in [5, 5.41) is 3.02. The van der Waals surface area contributed by atoms with E-state index >= 15 is 0 Å². The smallest absolute Gasteiger partial charge is 0.321 e. The third-order valence-corrected chi connectivity index (χ3v) is 5.03. The lowest BCUT2D eigenvalue weighted by molar-refractivity contribution is 0.101. The molecule has 1 aliphatic heterocycles. The summed E-state index contributed by atoms with van der Waals surface area (Å²) in [7, 11) is 0. The molecule has 3 rings (SSSR count). The molecule has 1 fully saturated rings. The molecule has 0 aliphatic carbocycles. The molecule has 5 heteroatoms. The third-order valence-electron chi connectivity index (χ3n) is 5.03. The Balaban J connectivity index is 1.61. The summed E-state index contributed by atoms with van der Waals surface area (Å²) in [6.45, 7) is 8.45. The second-order valence-electron chi connectivity index (χ2n) is 6.76. The molecule has 1 N–H and O–H groups in total. The summed E-state index contributed by atoms with van der Waals surface area (Å²) >= 11 is 0. The van der Waals surface area contributed by atoms with E-state index < -0.39 is 0 Å². The maximum absolute atomic E-state index is 12.6. The van der Waals surface area contributed by atoms with Crippen LogP contribution in [0.5, 0.6) is 0 Å². The number of urea groups is 1. The zero-order chi connectivity index (χ0) is 18.7. The number of aryl methyl sites for hydroxylation is 1. The molecule has 0 saturated carbocycles. The van der Waals surface area contributed by atoms with Crippen LogP contribution in [0, 0.1) is 13.8 Å². The quantitative estimate of drug-likeness (QED) is 0.855. The standard InChI is InChI=1S/C21H25N3O2/c1-15-6-4-9-20(16(15)2)22-21(26)24-12-10-23(11-13-24)19-8-5-7-18(14-19)17(3)25/h4-9,14H,10-13H2,1-3H3,(H,22,26). The summed E-state index contributed by atoms with van der Waals surface area (Å²) < 4.78 is 0. The summed E-state index contributed by atoms with van der Waals surface area (Å²) in [6.07, 6.45) is 0. The normalized spacial score (nSPS) is 14.3. The molecular formula is C21H25N3O2. The number of benzene rings is 2. The van der Waals surface area contributed by atoms with Gasteiger partial charge in [0.2, 0.25) is 0 Å². The van der Waals surface area contributed by atoms with Crippen molar-refractivity contribution in [3.63, 3.8) is 0 Å². The van der Waals surface area contributed by atoms with Crippen LogP contribution in [0.4, 0.5) is 16.2 Å². The van der Waals surface area contributed by atoms with E-state index in [1.54, 1.807) is 6.92 Å². The van der Waals surface area contributed by atoms with E-state index in [1.807, 2.05) is 61.2 Å². The van der Waals surface area contributed by atoms with Crippen LogP contribution >= 0.6 is 0 Å². The van der Waals surface area contributed by atoms with Crippen LogP contribution in [0.2, 0.25) is 0 Å². The van der Waals surface area contributed by atoms with Gasteiger partial charge in [-0.2, -0.15) is 0 Å². The number of rotatable bonds is 3. The van der Waals surface area contributed by atoms with Gasteiger partial charge >= 0.3 is 6.03 Å². The highest BCUT2D eigenvalue weighted by atomic mass is 16.2. The zero-order valence-corrected chi connectivity index (χ0v) is 15.6. The first-order valence-corrected chi connectivity index (χ1v) is 8.94. The molecule has 26 heavy (non-hydrogen) atoms. The molecule has 1 saturated heterocycles. The second-order valence-corrected chi connectivity index (χ2v) is 6.76. The molecule has 0 radical (unpaired) electrons. The number of carbonyl (C=O) groups is 2. The molecule has 0 unspecified atom stereocenters. The van der Waals surface area contributed by atoms with Crippen molar-refractivity contribution >= 4 is 23.2 Å². The van der Waals surface area contributed by atoms with Crippen molar-refractivity contribution in [2.24, 2.45) is 0 Å². The predicted molar refractivity (Wildman–Crippen MR) is 105 cm³/mol. The Hall–Kier alpha value is -2.82. The minimum atomic E-state index is -0.0594. The monoisotopic (exact) mass is 351 g/mol. The van der Waals surface area contributed by atoms with E-state index in [0.29, 0.717) is 13.1 Å². The second kappa shape index (κ2) is 7.60. The fourth-order valence-corrected chi connectivity index (χ4v) is 3.17. The van der Waals surface area contributed by atoms with E-state index in [4.69, 9.17) is 0 Å². The van der Waals surface area contributed by atoms with Crippen LogP contribution in [0.1, 0.15) is 28.4 Å². The summed E-state index contributed by atoms with van der Waals surface area (Å²) in [6, 6.07) is 13.6. The van der Waals surface area contributed by atoms with Gasteiger partial charge in [-0.15, -0.1) is 0 Å². The first kappa shape index (κ1) is 18.0. The molecular weight excluding hydrogens is 326 g/mol. The minimum absolute atomic E-state index is 0.0594. The molecule has 1 aliphatic rings. The van der Waals surface area contributed by atoms with Crippen LogP contribution in [0.25, 0.3) is 0 Å². The van der Waals surface area contributed by atoms with Gasteiger partial charge in [-0.3, -0.25) is 4.79 Å². The number of piperazine rings is 1. The summed E-state index contributed by atoms with van der Waals surface area (Å²) in [5.41, 5.74) is 4.88. The Morgan fingerprint density at radius 2 is 1.65 bits per heavy atom. The third kappa shape index (κ3) is 3.87. The number of nitrogens with one attached hydrogen (secondary N) is 1. The van der Waals surface area contributed by atoms with Gasteiger partial charge in [0.25, 0.3) is 0 Å². The van der Waals surface area contributed by atoms with Crippen molar-refractivity contribution < 1.29 is 9.59 Å². The highest BCUT2D eigenvalue weighted by Crippen LogP contribution is 2.21. The largest absolute Gasteiger partial charge is 0.368 e. The van der Waals surface area contributed by atoms with Crippen molar-refractivity contribution in [3.8, 4) is 0 Å². The van der Waals surface area contributed by atoms with Crippen LogP contribution in [-0.2, 0) is 0 Å². The van der Waals surface area contributed by atoms with Crippen molar-refractivity contribution in [2.45, 2.75) is 20.8 Å². The van der Waals surface area contributed by atoms with E-state index in [0.717, 1.165) is 41.2 Å². The molecule has 136 valence electrons. The number of anilines is 2. The van der Waals surface area contributed by atoms with Gasteiger partial charge in [-0.25, -0.2) is 4.79 Å². The molecule has 2 amide bonds. The number of carbonyl (C=O) groups excluding carboxylic acids is 2. The molecule has 0 bridgehead atoms. The van der Waals surface area contributed by atoms with E-state index in [-0.39, 0.29) is 11.8 Å². The fourth-order valence-electron chi connectivity index (χ4n) is 3.17. The van der Waals surface area contributed by atoms with Crippen LogP contribution in [-0.4, -0.2) is 42.9 Å². The number of nitrogens with zero attached hydrogens (tertiary/aromatic N) is 2.